The number of fused-ring (bicyclic) bond motifs is 1. The van der Waals surface area contributed by atoms with E-state index in [9.17, 15) is 4.79 Å². The van der Waals surface area contributed by atoms with Crippen LogP contribution >= 0.6 is 0 Å². The van der Waals surface area contributed by atoms with Crippen LogP contribution in [0.1, 0.15) is 49.0 Å². The lowest BCUT2D eigenvalue weighted by molar-refractivity contribution is -0.120. The van der Waals surface area contributed by atoms with Gasteiger partial charge in [-0.3, -0.25) is 4.79 Å². The van der Waals surface area contributed by atoms with Gasteiger partial charge in [0.2, 0.25) is 0 Å². The summed E-state index contributed by atoms with van der Waals surface area (Å²) in [5.74, 6) is 0.847. The summed E-state index contributed by atoms with van der Waals surface area (Å²) in [5.41, 5.74) is 2.30. The van der Waals surface area contributed by atoms with E-state index in [2.05, 4.69) is 24.3 Å². The molecule has 5 rings (SSSR count). The molecular weight excluding hydrogens is 311 g/mol. The topological polar surface area (TPSA) is 35.5 Å². The first-order chi connectivity index (χ1) is 12.3. The highest BCUT2D eigenvalue weighted by molar-refractivity contribution is 6.51. The number of carbonyl (C=O) groups is 1. The molecule has 2 saturated carbocycles. The average molecular weight is 332 g/mol. The van der Waals surface area contributed by atoms with Crippen LogP contribution in [0.4, 0.5) is 0 Å². The van der Waals surface area contributed by atoms with Gasteiger partial charge in [0.15, 0.2) is 0 Å². The Balaban J connectivity index is 1.46. The molecule has 4 heteroatoms. The Morgan fingerprint density at radius 1 is 0.880 bits per heavy atom. The van der Waals surface area contributed by atoms with Crippen molar-refractivity contribution in [1.29, 1.82) is 0 Å². The van der Waals surface area contributed by atoms with Crippen LogP contribution in [0.3, 0.4) is 0 Å². The first-order valence-electron chi connectivity index (χ1n) is 9.19. The highest BCUT2D eigenvalue weighted by Crippen LogP contribution is 2.71. The molecule has 0 aromatic heterocycles. The average Bonchev–Trinajstić information content (AvgIpc) is 3.21. The molecule has 1 aliphatic heterocycles. The summed E-state index contributed by atoms with van der Waals surface area (Å²) in [4.78, 5) is 11.7. The molecule has 0 bridgehead atoms. The fourth-order valence-corrected chi connectivity index (χ4v) is 4.64. The molecule has 4 atom stereocenters. The number of ketones is 1. The predicted octanol–water partition coefficient (Wildman–Crippen LogP) is 4.52. The van der Waals surface area contributed by atoms with E-state index in [0.717, 1.165) is 24.0 Å². The second-order valence-corrected chi connectivity index (χ2v) is 7.64. The van der Waals surface area contributed by atoms with Gasteiger partial charge in [0.1, 0.15) is 5.78 Å². The molecule has 3 aliphatic rings. The van der Waals surface area contributed by atoms with Crippen molar-refractivity contribution in [3.63, 3.8) is 0 Å². The number of Topliss-reactive ketones (excluding diaryl/α,β-unsaturated/α-hetero) is 1. The maximum absolute atomic E-state index is 11.7. The van der Waals surface area contributed by atoms with E-state index < -0.39 is 0 Å². The standard InChI is InChI=1S/C21H21BO3/c23-18-11-12-21(14-17(21)13-18)22-24-19(15-7-3-1-4-8-15)20(25-22)16-9-5-2-6-10-16/h1-10,17,19-20H,11-14H2/t17-,19+,20+,21-/m1/s1. The second-order valence-electron chi connectivity index (χ2n) is 7.64. The van der Waals surface area contributed by atoms with Crippen molar-refractivity contribution in [1.82, 2.24) is 0 Å². The SMILES string of the molecule is O=C1CC[C@@]2(B3O[C@@H](c4ccccc4)[C@H](c4ccccc4)O3)C[C@H]2C1. The molecule has 3 fully saturated rings. The molecule has 0 spiro atoms. The molecule has 0 unspecified atom stereocenters. The van der Waals surface area contributed by atoms with Gasteiger partial charge in [-0.2, -0.15) is 0 Å². The maximum atomic E-state index is 11.7. The third-order valence-electron chi connectivity index (χ3n) is 6.16. The Morgan fingerprint density at radius 3 is 1.96 bits per heavy atom. The van der Waals surface area contributed by atoms with Crippen molar-refractivity contribution in [2.75, 3.05) is 0 Å². The van der Waals surface area contributed by atoms with Crippen molar-refractivity contribution in [3.05, 3.63) is 71.8 Å². The van der Waals surface area contributed by atoms with Crippen LogP contribution in [0.5, 0.6) is 0 Å². The van der Waals surface area contributed by atoms with Crippen molar-refractivity contribution < 1.29 is 14.1 Å². The van der Waals surface area contributed by atoms with Crippen LogP contribution in [0.25, 0.3) is 0 Å². The first-order valence-corrected chi connectivity index (χ1v) is 9.19. The van der Waals surface area contributed by atoms with E-state index in [1.807, 2.05) is 36.4 Å². The van der Waals surface area contributed by atoms with Crippen LogP contribution in [0.2, 0.25) is 5.31 Å². The number of carbonyl (C=O) groups excluding carboxylic acids is 1. The Kier molecular flexibility index (Phi) is 3.58. The van der Waals surface area contributed by atoms with Crippen molar-refractivity contribution in [2.24, 2.45) is 5.92 Å². The van der Waals surface area contributed by atoms with E-state index in [0.29, 0.717) is 24.5 Å². The van der Waals surface area contributed by atoms with Gasteiger partial charge < -0.3 is 9.31 Å². The highest BCUT2D eigenvalue weighted by atomic mass is 16.7. The summed E-state index contributed by atoms with van der Waals surface area (Å²) in [5, 5.41) is 0.0600. The zero-order chi connectivity index (χ0) is 16.9. The van der Waals surface area contributed by atoms with Gasteiger partial charge in [-0.15, -0.1) is 0 Å². The first kappa shape index (κ1) is 15.4. The minimum absolute atomic E-state index is 0.0600. The van der Waals surface area contributed by atoms with E-state index in [4.69, 9.17) is 9.31 Å². The summed E-state index contributed by atoms with van der Waals surface area (Å²) in [6, 6.07) is 20.7. The molecular formula is C21H21BO3. The molecule has 1 saturated heterocycles. The lowest BCUT2D eigenvalue weighted by Gasteiger charge is -2.23. The van der Waals surface area contributed by atoms with Crippen LogP contribution in [0, 0.1) is 5.92 Å². The Morgan fingerprint density at radius 2 is 1.44 bits per heavy atom. The van der Waals surface area contributed by atoms with Gasteiger partial charge in [0, 0.05) is 18.2 Å². The largest absolute Gasteiger partial charge is 0.464 e. The molecule has 126 valence electrons. The summed E-state index contributed by atoms with van der Waals surface area (Å²) < 4.78 is 13.0. The Bertz CT molecular complexity index is 731. The molecule has 3 nitrogen and oxygen atoms in total. The van der Waals surface area contributed by atoms with E-state index in [-0.39, 0.29) is 24.6 Å². The molecule has 0 radical (unpaired) electrons. The maximum Gasteiger partial charge on any atom is 0.464 e. The number of rotatable bonds is 3. The van der Waals surface area contributed by atoms with Crippen LogP contribution in [-0.2, 0) is 14.1 Å². The van der Waals surface area contributed by atoms with Crippen LogP contribution in [-0.4, -0.2) is 12.9 Å². The Hall–Kier alpha value is -1.91. The van der Waals surface area contributed by atoms with E-state index in [1.54, 1.807) is 0 Å². The van der Waals surface area contributed by atoms with Gasteiger partial charge in [-0.25, -0.2) is 0 Å². The quantitative estimate of drug-likeness (QED) is 0.776. The molecule has 25 heavy (non-hydrogen) atoms. The van der Waals surface area contributed by atoms with Gasteiger partial charge in [0.25, 0.3) is 0 Å². The van der Waals surface area contributed by atoms with Crippen molar-refractivity contribution in [3.8, 4) is 0 Å². The highest BCUT2D eigenvalue weighted by Gasteiger charge is 2.68. The monoisotopic (exact) mass is 332 g/mol. The minimum Gasteiger partial charge on any atom is -0.401 e. The molecule has 2 aromatic rings. The number of hydrogen-bond acceptors (Lipinski definition) is 3. The number of benzene rings is 2. The van der Waals surface area contributed by atoms with Crippen LogP contribution in [0.15, 0.2) is 60.7 Å². The van der Waals surface area contributed by atoms with Crippen LogP contribution < -0.4 is 0 Å². The third-order valence-corrected chi connectivity index (χ3v) is 6.16. The number of hydrogen-bond donors (Lipinski definition) is 0. The summed E-state index contributed by atoms with van der Waals surface area (Å²) in [6.45, 7) is 0. The lowest BCUT2D eigenvalue weighted by atomic mass is 9.61. The van der Waals surface area contributed by atoms with E-state index in [1.165, 1.54) is 0 Å². The predicted molar refractivity (Wildman–Crippen MR) is 95.9 cm³/mol. The minimum atomic E-state index is -0.207. The lowest BCUT2D eigenvalue weighted by Crippen LogP contribution is -2.29. The Labute approximate surface area is 148 Å². The fourth-order valence-electron chi connectivity index (χ4n) is 4.64. The normalized spacial score (nSPS) is 34.0. The van der Waals surface area contributed by atoms with Gasteiger partial charge in [-0.05, 0) is 29.9 Å². The molecule has 2 aromatic carbocycles. The summed E-state index contributed by atoms with van der Waals surface area (Å²) in [6.07, 6.45) is 3.15. The van der Waals surface area contributed by atoms with Crippen molar-refractivity contribution >= 4 is 12.9 Å². The zero-order valence-corrected chi connectivity index (χ0v) is 14.1. The van der Waals surface area contributed by atoms with Gasteiger partial charge >= 0.3 is 7.12 Å². The van der Waals surface area contributed by atoms with Gasteiger partial charge in [-0.1, -0.05) is 60.7 Å². The van der Waals surface area contributed by atoms with E-state index >= 15 is 0 Å². The molecule has 0 amide bonds. The van der Waals surface area contributed by atoms with Gasteiger partial charge in [0.05, 0.1) is 12.2 Å². The molecule has 0 N–H and O–H groups in total. The fraction of sp³-hybridized carbons (Fsp3) is 0.381. The zero-order valence-electron chi connectivity index (χ0n) is 14.1. The second kappa shape index (κ2) is 5.82. The molecule has 2 aliphatic carbocycles. The molecule has 1 heterocycles. The van der Waals surface area contributed by atoms with Crippen molar-refractivity contribution in [2.45, 2.75) is 43.2 Å². The summed E-state index contributed by atoms with van der Waals surface area (Å²) >= 11 is 0. The smallest absolute Gasteiger partial charge is 0.401 e. The third kappa shape index (κ3) is 2.55. The summed E-state index contributed by atoms with van der Waals surface area (Å²) in [7, 11) is -0.207.